The summed E-state index contributed by atoms with van der Waals surface area (Å²) in [5.41, 5.74) is 0.455. The van der Waals surface area contributed by atoms with E-state index in [1.54, 1.807) is 30.3 Å². The highest BCUT2D eigenvalue weighted by atomic mass is 32.2. The topological polar surface area (TPSA) is 119 Å². The van der Waals surface area contributed by atoms with Crippen LogP contribution in [0.15, 0.2) is 30.3 Å². The smallest absolute Gasteiger partial charge is 0.256 e. The third-order valence-electron chi connectivity index (χ3n) is 6.14. The molecule has 4 amide bonds. The molecule has 3 heterocycles. The van der Waals surface area contributed by atoms with Gasteiger partial charge in [0.2, 0.25) is 17.7 Å². The molecule has 0 saturated carbocycles. The number of hydrogen-bond donors (Lipinski definition) is 3. The van der Waals surface area contributed by atoms with Gasteiger partial charge < -0.3 is 25.5 Å². The van der Waals surface area contributed by atoms with Gasteiger partial charge in [0.25, 0.3) is 5.91 Å². The molecule has 0 spiro atoms. The summed E-state index contributed by atoms with van der Waals surface area (Å²) in [6.07, 6.45) is 1.25. The molecule has 10 heteroatoms. The van der Waals surface area contributed by atoms with E-state index in [4.69, 9.17) is 0 Å². The van der Waals surface area contributed by atoms with Crippen LogP contribution in [-0.4, -0.2) is 87.8 Å². The van der Waals surface area contributed by atoms with Crippen molar-refractivity contribution in [3.63, 3.8) is 0 Å². The molecule has 3 fully saturated rings. The molecular formula is C21H26N4O5S. The van der Waals surface area contributed by atoms with Crippen LogP contribution in [0.1, 0.15) is 24.5 Å². The predicted molar refractivity (Wildman–Crippen MR) is 114 cm³/mol. The maximum atomic E-state index is 13.4. The van der Waals surface area contributed by atoms with E-state index < -0.39 is 30.1 Å². The standard InChI is InChI=1S/C21H26N4O5S/c1-31-11-16(26)22-13-9-15-19(28)23-14-7-8-24(17(14)20(29)25(15)10-13)21(30)18(27)12-5-3-2-4-6-12/h2-6,13-15,17-18,27H,7-11H2,1H3,(H,22,26)(H,23,28)/t13-,14-,15+,17-,18-/m0/s1. The molecule has 3 aliphatic rings. The van der Waals surface area contributed by atoms with Gasteiger partial charge in [0, 0.05) is 19.1 Å². The number of benzene rings is 1. The number of fused-ring (bicyclic) bond motifs is 2. The van der Waals surface area contributed by atoms with Gasteiger partial charge >= 0.3 is 0 Å². The Bertz CT molecular complexity index is 882. The largest absolute Gasteiger partial charge is 0.378 e. The maximum absolute atomic E-state index is 13.4. The molecular weight excluding hydrogens is 420 g/mol. The molecule has 5 atom stereocenters. The van der Waals surface area contributed by atoms with Crippen LogP contribution in [0.3, 0.4) is 0 Å². The second kappa shape index (κ2) is 8.88. The van der Waals surface area contributed by atoms with Crippen LogP contribution >= 0.6 is 11.8 Å². The number of thioether (sulfide) groups is 1. The number of nitrogens with zero attached hydrogens (tertiary/aromatic N) is 2. The SMILES string of the molecule is CSCC(=O)N[C@H]1C[C@@H]2C(=O)N[C@H]3CCN(C(=O)[C@@H](O)c4ccccc4)[C@@H]3C(=O)N2C1. The van der Waals surface area contributed by atoms with Crippen molar-refractivity contribution in [2.24, 2.45) is 0 Å². The van der Waals surface area contributed by atoms with E-state index in [9.17, 15) is 24.3 Å². The van der Waals surface area contributed by atoms with Crippen LogP contribution in [0.4, 0.5) is 0 Å². The third-order valence-corrected chi connectivity index (χ3v) is 6.69. The number of aliphatic hydroxyl groups excluding tert-OH is 1. The minimum absolute atomic E-state index is 0.135. The van der Waals surface area contributed by atoms with Crippen molar-refractivity contribution < 1.29 is 24.3 Å². The van der Waals surface area contributed by atoms with Gasteiger partial charge in [-0.25, -0.2) is 0 Å². The fraction of sp³-hybridized carbons (Fsp3) is 0.524. The van der Waals surface area contributed by atoms with Gasteiger partial charge in [-0.3, -0.25) is 19.2 Å². The summed E-state index contributed by atoms with van der Waals surface area (Å²) in [5.74, 6) is -0.958. The Morgan fingerprint density at radius 3 is 2.74 bits per heavy atom. The van der Waals surface area contributed by atoms with Gasteiger partial charge in [-0.2, -0.15) is 11.8 Å². The molecule has 9 nitrogen and oxygen atoms in total. The lowest BCUT2D eigenvalue weighted by Crippen LogP contribution is -2.53. The minimum Gasteiger partial charge on any atom is -0.378 e. The van der Waals surface area contributed by atoms with Gasteiger partial charge in [0.05, 0.1) is 11.8 Å². The number of carbonyl (C=O) groups is 4. The number of amides is 4. The van der Waals surface area contributed by atoms with Gasteiger partial charge in [-0.1, -0.05) is 30.3 Å². The molecule has 1 aromatic rings. The van der Waals surface area contributed by atoms with Gasteiger partial charge in [0.1, 0.15) is 12.1 Å². The summed E-state index contributed by atoms with van der Waals surface area (Å²) in [6.45, 7) is 0.500. The Morgan fingerprint density at radius 1 is 1.29 bits per heavy atom. The average Bonchev–Trinajstić information content (AvgIpc) is 3.35. The number of likely N-dealkylation sites (tertiary alicyclic amines) is 1. The van der Waals surface area contributed by atoms with Crippen LogP contribution < -0.4 is 10.6 Å². The van der Waals surface area contributed by atoms with Crippen LogP contribution in [-0.2, 0) is 19.2 Å². The molecule has 0 bridgehead atoms. The average molecular weight is 447 g/mol. The molecule has 0 unspecified atom stereocenters. The monoisotopic (exact) mass is 446 g/mol. The summed E-state index contributed by atoms with van der Waals surface area (Å²) in [5, 5.41) is 16.4. The molecule has 166 valence electrons. The number of hydrogen-bond acceptors (Lipinski definition) is 6. The van der Waals surface area contributed by atoms with Crippen molar-refractivity contribution >= 4 is 35.4 Å². The Labute approximate surface area is 184 Å². The van der Waals surface area contributed by atoms with E-state index >= 15 is 0 Å². The van der Waals surface area contributed by atoms with Crippen molar-refractivity contribution in [2.45, 2.75) is 43.1 Å². The quantitative estimate of drug-likeness (QED) is 0.549. The summed E-state index contributed by atoms with van der Waals surface area (Å²) in [7, 11) is 0. The lowest BCUT2D eigenvalue weighted by molar-refractivity contribution is -0.149. The Hall–Kier alpha value is -2.59. The highest BCUT2D eigenvalue weighted by molar-refractivity contribution is 7.99. The predicted octanol–water partition coefficient (Wildman–Crippen LogP) is -0.732. The molecule has 0 aromatic heterocycles. The second-order valence-corrected chi connectivity index (χ2v) is 9.00. The van der Waals surface area contributed by atoms with Crippen LogP contribution in [0.5, 0.6) is 0 Å². The molecule has 31 heavy (non-hydrogen) atoms. The fourth-order valence-corrected chi connectivity index (χ4v) is 5.06. The second-order valence-electron chi connectivity index (χ2n) is 8.13. The maximum Gasteiger partial charge on any atom is 0.256 e. The van der Waals surface area contributed by atoms with Crippen molar-refractivity contribution in [3.8, 4) is 0 Å². The zero-order valence-corrected chi connectivity index (χ0v) is 18.0. The Morgan fingerprint density at radius 2 is 2.03 bits per heavy atom. The van der Waals surface area contributed by atoms with E-state index in [2.05, 4.69) is 10.6 Å². The van der Waals surface area contributed by atoms with Gasteiger partial charge in [0.15, 0.2) is 6.10 Å². The van der Waals surface area contributed by atoms with Gasteiger partial charge in [-0.15, -0.1) is 0 Å². The van der Waals surface area contributed by atoms with Crippen molar-refractivity contribution in [1.82, 2.24) is 20.4 Å². The van der Waals surface area contributed by atoms with E-state index in [1.165, 1.54) is 21.6 Å². The van der Waals surface area contributed by atoms with Crippen LogP contribution in [0.25, 0.3) is 0 Å². The molecule has 0 aliphatic carbocycles. The third kappa shape index (κ3) is 4.14. The molecule has 1 aromatic carbocycles. The van der Waals surface area contributed by atoms with Crippen molar-refractivity contribution in [3.05, 3.63) is 35.9 Å². The van der Waals surface area contributed by atoms with Crippen LogP contribution in [0, 0.1) is 0 Å². The Kier molecular flexibility index (Phi) is 6.19. The summed E-state index contributed by atoms with van der Waals surface area (Å²) in [6, 6.07) is 6.24. The van der Waals surface area contributed by atoms with E-state index in [1.807, 2.05) is 6.26 Å². The highest BCUT2D eigenvalue weighted by Gasteiger charge is 2.53. The molecule has 0 radical (unpaired) electrons. The molecule has 3 aliphatic heterocycles. The van der Waals surface area contributed by atoms with E-state index in [-0.39, 0.29) is 36.9 Å². The fourth-order valence-electron chi connectivity index (χ4n) is 4.71. The van der Waals surface area contributed by atoms with Crippen molar-refractivity contribution in [2.75, 3.05) is 25.1 Å². The van der Waals surface area contributed by atoms with E-state index in [0.717, 1.165) is 0 Å². The summed E-state index contributed by atoms with van der Waals surface area (Å²) in [4.78, 5) is 54.1. The lowest BCUT2D eigenvalue weighted by Gasteiger charge is -2.30. The molecule has 4 rings (SSSR count). The lowest BCUT2D eigenvalue weighted by atomic mass is 10.1. The zero-order valence-electron chi connectivity index (χ0n) is 17.2. The first kappa shape index (κ1) is 21.6. The number of aliphatic hydroxyl groups is 1. The molecule has 3 saturated heterocycles. The number of rotatable bonds is 5. The van der Waals surface area contributed by atoms with Gasteiger partial charge in [-0.05, 0) is 24.7 Å². The first-order valence-corrected chi connectivity index (χ1v) is 11.7. The minimum atomic E-state index is -1.38. The molecule has 3 N–H and O–H groups in total. The first-order chi connectivity index (χ1) is 14.9. The van der Waals surface area contributed by atoms with Crippen LogP contribution in [0.2, 0.25) is 0 Å². The summed E-state index contributed by atoms with van der Waals surface area (Å²) >= 11 is 1.40. The summed E-state index contributed by atoms with van der Waals surface area (Å²) < 4.78 is 0. The first-order valence-electron chi connectivity index (χ1n) is 10.3. The zero-order chi connectivity index (χ0) is 22.1. The Balaban J connectivity index is 1.52. The number of nitrogens with one attached hydrogen (secondary N) is 2. The van der Waals surface area contributed by atoms with E-state index in [0.29, 0.717) is 24.2 Å². The van der Waals surface area contributed by atoms with Crippen molar-refractivity contribution in [1.29, 1.82) is 0 Å². The number of carbonyl (C=O) groups excluding carboxylic acids is 4. The normalized spacial score (nSPS) is 28.5. The highest BCUT2D eigenvalue weighted by Crippen LogP contribution is 2.31.